The highest BCUT2D eigenvalue weighted by Gasteiger charge is 2.28. The Bertz CT molecular complexity index is 451. The summed E-state index contributed by atoms with van der Waals surface area (Å²) >= 11 is -0.0733. The van der Waals surface area contributed by atoms with Crippen molar-refractivity contribution in [2.45, 2.75) is 42.6 Å². The quantitative estimate of drug-likeness (QED) is 0.456. The number of nitrogens with one attached hydrogen (secondary N) is 1. The van der Waals surface area contributed by atoms with Crippen LogP contribution in [0.25, 0.3) is 0 Å². The van der Waals surface area contributed by atoms with Gasteiger partial charge in [0.2, 0.25) is 0 Å². The largest absolute Gasteiger partial charge is 0.446 e. The number of thioether (sulfide) groups is 1. The third-order valence-electron chi connectivity index (χ3n) is 3.24. The minimum atomic E-state index is -4.21. The Labute approximate surface area is 121 Å². The van der Waals surface area contributed by atoms with Gasteiger partial charge in [-0.2, -0.15) is 13.2 Å². The van der Waals surface area contributed by atoms with E-state index in [2.05, 4.69) is 11.4 Å². The minimum Gasteiger partial charge on any atom is -0.312 e. The van der Waals surface area contributed by atoms with E-state index in [1.807, 2.05) is 0 Å². The maximum Gasteiger partial charge on any atom is 0.446 e. The molecule has 0 bridgehead atoms. The molecule has 0 aliphatic heterocycles. The van der Waals surface area contributed by atoms with Crippen molar-refractivity contribution in [3.63, 3.8) is 0 Å². The zero-order valence-electron chi connectivity index (χ0n) is 11.2. The number of allylic oxidation sites excluding steroid dienone is 1. The van der Waals surface area contributed by atoms with Gasteiger partial charge in [0.15, 0.2) is 0 Å². The van der Waals surface area contributed by atoms with Crippen LogP contribution in [-0.4, -0.2) is 12.1 Å². The van der Waals surface area contributed by atoms with Crippen LogP contribution in [-0.2, 0) is 6.54 Å². The van der Waals surface area contributed by atoms with Gasteiger partial charge in [-0.3, -0.25) is 0 Å². The van der Waals surface area contributed by atoms with E-state index in [0.29, 0.717) is 6.54 Å². The summed E-state index contributed by atoms with van der Waals surface area (Å²) in [6.07, 6.45) is 7.07. The Morgan fingerprint density at radius 3 is 2.50 bits per heavy atom. The average Bonchev–Trinajstić information content (AvgIpc) is 2.88. The van der Waals surface area contributed by atoms with Gasteiger partial charge < -0.3 is 5.32 Å². The van der Waals surface area contributed by atoms with Crippen molar-refractivity contribution >= 4 is 11.8 Å². The molecule has 0 unspecified atom stereocenters. The molecule has 1 nitrogen and oxygen atoms in total. The second-order valence-electron chi connectivity index (χ2n) is 4.87. The molecule has 0 saturated heterocycles. The number of hydrogen-bond acceptors (Lipinski definition) is 2. The van der Waals surface area contributed by atoms with Crippen molar-refractivity contribution in [2.24, 2.45) is 0 Å². The zero-order chi connectivity index (χ0) is 14.4. The Hall–Kier alpha value is -0.940. The Morgan fingerprint density at radius 2 is 1.90 bits per heavy atom. The normalized spacial score (nSPS) is 15.4. The van der Waals surface area contributed by atoms with Crippen LogP contribution in [0, 0.1) is 0 Å². The molecule has 0 spiro atoms. The summed E-state index contributed by atoms with van der Waals surface area (Å²) in [7, 11) is 0. The second-order valence-corrected chi connectivity index (χ2v) is 6.01. The van der Waals surface area contributed by atoms with Crippen molar-refractivity contribution in [1.82, 2.24) is 5.32 Å². The molecule has 0 aromatic heterocycles. The van der Waals surface area contributed by atoms with Gasteiger partial charge in [0.25, 0.3) is 0 Å². The van der Waals surface area contributed by atoms with Gasteiger partial charge in [0, 0.05) is 11.4 Å². The first-order chi connectivity index (χ1) is 9.53. The minimum absolute atomic E-state index is 0.0733. The monoisotopic (exact) mass is 301 g/mol. The molecule has 1 N–H and O–H groups in total. The first-order valence-electron chi connectivity index (χ1n) is 6.76. The number of rotatable bonds is 6. The van der Waals surface area contributed by atoms with E-state index in [4.69, 9.17) is 0 Å². The highest BCUT2D eigenvalue weighted by molar-refractivity contribution is 8.00. The maximum atomic E-state index is 12.2. The fourth-order valence-corrected chi connectivity index (χ4v) is 2.79. The van der Waals surface area contributed by atoms with Crippen LogP contribution in [0.5, 0.6) is 0 Å². The van der Waals surface area contributed by atoms with Crippen molar-refractivity contribution in [3.8, 4) is 0 Å². The van der Waals surface area contributed by atoms with E-state index >= 15 is 0 Å². The summed E-state index contributed by atoms with van der Waals surface area (Å²) in [6, 6.07) is 6.54. The SMILES string of the molecule is FC(F)(F)Sc1ccc(CNCCC2=CCCC2)cc1. The van der Waals surface area contributed by atoms with E-state index in [9.17, 15) is 13.2 Å². The van der Waals surface area contributed by atoms with Gasteiger partial charge >= 0.3 is 5.51 Å². The zero-order valence-corrected chi connectivity index (χ0v) is 12.0. The topological polar surface area (TPSA) is 12.0 Å². The van der Waals surface area contributed by atoms with Crippen molar-refractivity contribution in [2.75, 3.05) is 6.54 Å². The lowest BCUT2D eigenvalue weighted by molar-refractivity contribution is -0.0328. The molecule has 0 radical (unpaired) electrons. The van der Waals surface area contributed by atoms with Crippen LogP contribution in [0.2, 0.25) is 0 Å². The smallest absolute Gasteiger partial charge is 0.312 e. The Kier molecular flexibility index (Phi) is 5.54. The van der Waals surface area contributed by atoms with Crippen LogP contribution in [0.15, 0.2) is 40.8 Å². The van der Waals surface area contributed by atoms with Gasteiger partial charge in [-0.1, -0.05) is 23.8 Å². The first-order valence-corrected chi connectivity index (χ1v) is 7.58. The predicted molar refractivity (Wildman–Crippen MR) is 76.6 cm³/mol. The molecule has 2 rings (SSSR count). The molecule has 20 heavy (non-hydrogen) atoms. The fraction of sp³-hybridized carbons (Fsp3) is 0.467. The summed E-state index contributed by atoms with van der Waals surface area (Å²) < 4.78 is 36.6. The Morgan fingerprint density at radius 1 is 1.15 bits per heavy atom. The Balaban J connectivity index is 1.70. The highest BCUT2D eigenvalue weighted by atomic mass is 32.2. The van der Waals surface area contributed by atoms with E-state index in [1.165, 1.54) is 37.0 Å². The summed E-state index contributed by atoms with van der Waals surface area (Å²) in [6.45, 7) is 1.62. The maximum absolute atomic E-state index is 12.2. The van der Waals surface area contributed by atoms with Crippen LogP contribution in [0.4, 0.5) is 13.2 Å². The summed E-state index contributed by atoms with van der Waals surface area (Å²) in [5.74, 6) is 0. The van der Waals surface area contributed by atoms with Crippen molar-refractivity contribution < 1.29 is 13.2 Å². The number of alkyl halides is 3. The van der Waals surface area contributed by atoms with E-state index in [-0.39, 0.29) is 16.7 Å². The highest BCUT2D eigenvalue weighted by Crippen LogP contribution is 2.36. The summed E-state index contributed by atoms with van der Waals surface area (Å²) in [4.78, 5) is 0.234. The lowest BCUT2D eigenvalue weighted by atomic mass is 10.1. The van der Waals surface area contributed by atoms with Gasteiger partial charge in [-0.15, -0.1) is 0 Å². The van der Waals surface area contributed by atoms with Crippen LogP contribution in [0.3, 0.4) is 0 Å². The summed E-state index contributed by atoms with van der Waals surface area (Å²) in [5, 5.41) is 3.33. The molecular weight excluding hydrogens is 283 g/mol. The molecule has 110 valence electrons. The molecule has 1 aromatic rings. The van der Waals surface area contributed by atoms with Crippen molar-refractivity contribution in [3.05, 3.63) is 41.5 Å². The molecule has 0 fully saturated rings. The van der Waals surface area contributed by atoms with Gasteiger partial charge in [-0.05, 0) is 61.7 Å². The number of halogens is 3. The molecular formula is C15H18F3NS. The molecule has 0 saturated carbocycles. The first kappa shape index (κ1) is 15.4. The lowest BCUT2D eigenvalue weighted by Gasteiger charge is -2.08. The molecule has 0 amide bonds. The molecule has 1 aliphatic carbocycles. The molecule has 1 aromatic carbocycles. The number of benzene rings is 1. The summed E-state index contributed by atoms with van der Waals surface area (Å²) in [5.41, 5.74) is -1.68. The van der Waals surface area contributed by atoms with Crippen molar-refractivity contribution in [1.29, 1.82) is 0 Å². The van der Waals surface area contributed by atoms with Gasteiger partial charge in [-0.25, -0.2) is 0 Å². The van der Waals surface area contributed by atoms with Crippen LogP contribution < -0.4 is 5.32 Å². The molecule has 0 atom stereocenters. The third-order valence-corrected chi connectivity index (χ3v) is 3.98. The van der Waals surface area contributed by atoms with Crippen LogP contribution in [0.1, 0.15) is 31.2 Å². The lowest BCUT2D eigenvalue weighted by Crippen LogP contribution is -2.15. The van der Waals surface area contributed by atoms with E-state index in [1.54, 1.807) is 12.1 Å². The molecule has 5 heteroatoms. The third kappa shape index (κ3) is 5.59. The molecule has 1 aliphatic rings. The standard InChI is InChI=1S/C15H18F3NS/c16-15(17,18)20-14-7-5-13(6-8-14)11-19-10-9-12-3-1-2-4-12/h3,5-8,19H,1-2,4,9-11H2. The molecule has 0 heterocycles. The fourth-order valence-electron chi connectivity index (χ4n) is 2.26. The van der Waals surface area contributed by atoms with Gasteiger partial charge in [0.05, 0.1) is 0 Å². The second kappa shape index (κ2) is 7.18. The van der Waals surface area contributed by atoms with E-state index < -0.39 is 5.51 Å². The van der Waals surface area contributed by atoms with E-state index in [0.717, 1.165) is 18.5 Å². The average molecular weight is 301 g/mol. The predicted octanol–water partition coefficient (Wildman–Crippen LogP) is 4.89. The number of hydrogen-bond donors (Lipinski definition) is 1. The van der Waals surface area contributed by atoms with Gasteiger partial charge in [0.1, 0.15) is 0 Å². The van der Waals surface area contributed by atoms with Crippen LogP contribution >= 0.6 is 11.8 Å².